The molecule has 0 bridgehead atoms. The van der Waals surface area contributed by atoms with Crippen LogP contribution in [0.25, 0.3) is 0 Å². The van der Waals surface area contributed by atoms with Crippen LogP contribution in [0.2, 0.25) is 0 Å². The van der Waals surface area contributed by atoms with Gasteiger partial charge >= 0.3 is 0 Å². The van der Waals surface area contributed by atoms with Gasteiger partial charge in [-0.1, -0.05) is 66.7 Å². The Labute approximate surface area is 158 Å². The number of carbonyl (C=O) groups is 1. The first kappa shape index (κ1) is 17.0. The zero-order valence-corrected chi connectivity index (χ0v) is 15.1. The number of para-hydroxylation sites is 1. The van der Waals surface area contributed by atoms with E-state index in [1.54, 1.807) is 12.1 Å². The van der Waals surface area contributed by atoms with Gasteiger partial charge in [-0.05, 0) is 23.8 Å². The molecule has 4 heteroatoms. The third-order valence-corrected chi connectivity index (χ3v) is 4.74. The maximum absolute atomic E-state index is 13.2. The normalized spacial score (nSPS) is 16.1. The lowest BCUT2D eigenvalue weighted by Crippen LogP contribution is -2.27. The molecule has 0 unspecified atom stereocenters. The van der Waals surface area contributed by atoms with E-state index in [-0.39, 0.29) is 11.9 Å². The van der Waals surface area contributed by atoms with E-state index in [0.29, 0.717) is 12.0 Å². The molecule has 3 aromatic carbocycles. The molecule has 0 fully saturated rings. The van der Waals surface area contributed by atoms with Gasteiger partial charge in [-0.25, -0.2) is 5.01 Å². The van der Waals surface area contributed by atoms with Gasteiger partial charge in [0, 0.05) is 17.5 Å². The molecule has 4 nitrogen and oxygen atoms in total. The second-order valence-corrected chi connectivity index (χ2v) is 6.39. The number of hydrazone groups is 1. The summed E-state index contributed by atoms with van der Waals surface area (Å²) in [6, 6.07) is 26.9. The van der Waals surface area contributed by atoms with Gasteiger partial charge in [0.15, 0.2) is 0 Å². The highest BCUT2D eigenvalue weighted by molar-refractivity contribution is 6.05. The second kappa shape index (κ2) is 7.46. The lowest BCUT2D eigenvalue weighted by Gasteiger charge is -2.23. The monoisotopic (exact) mass is 356 g/mol. The van der Waals surface area contributed by atoms with E-state index in [1.807, 2.05) is 84.9 Å². The van der Waals surface area contributed by atoms with Crippen LogP contribution in [0.5, 0.6) is 5.75 Å². The first-order valence-corrected chi connectivity index (χ1v) is 8.92. The zero-order valence-electron chi connectivity index (χ0n) is 15.1. The number of methoxy groups -OCH3 is 1. The molecule has 1 atom stereocenters. The fourth-order valence-electron chi connectivity index (χ4n) is 3.40. The Kier molecular flexibility index (Phi) is 4.71. The smallest absolute Gasteiger partial charge is 0.274 e. The van der Waals surface area contributed by atoms with Crippen LogP contribution in [0.4, 0.5) is 0 Å². The average molecular weight is 356 g/mol. The maximum atomic E-state index is 13.2. The Hall–Kier alpha value is -3.40. The largest absolute Gasteiger partial charge is 0.496 e. The van der Waals surface area contributed by atoms with Crippen LogP contribution in [-0.2, 0) is 0 Å². The molecule has 0 saturated heterocycles. The maximum Gasteiger partial charge on any atom is 0.274 e. The molecule has 4 rings (SSSR count). The van der Waals surface area contributed by atoms with E-state index < -0.39 is 0 Å². The number of hydrogen-bond donors (Lipinski definition) is 0. The third kappa shape index (κ3) is 3.34. The van der Waals surface area contributed by atoms with Crippen LogP contribution in [0, 0.1) is 0 Å². The van der Waals surface area contributed by atoms with Crippen LogP contribution in [-0.4, -0.2) is 23.7 Å². The van der Waals surface area contributed by atoms with Gasteiger partial charge in [0.2, 0.25) is 0 Å². The van der Waals surface area contributed by atoms with Crippen molar-refractivity contribution in [3.05, 3.63) is 102 Å². The summed E-state index contributed by atoms with van der Waals surface area (Å²) in [5, 5.41) is 6.31. The summed E-state index contributed by atoms with van der Waals surface area (Å²) in [5.41, 5.74) is 3.51. The highest BCUT2D eigenvalue weighted by Gasteiger charge is 2.35. The number of amides is 1. The van der Waals surface area contributed by atoms with E-state index in [2.05, 4.69) is 0 Å². The Morgan fingerprint density at radius 2 is 1.56 bits per heavy atom. The van der Waals surface area contributed by atoms with Crippen molar-refractivity contribution in [1.82, 2.24) is 5.01 Å². The molecule has 0 aromatic heterocycles. The minimum atomic E-state index is -0.205. The molecule has 1 aliphatic heterocycles. The van der Waals surface area contributed by atoms with E-state index in [0.717, 1.165) is 22.6 Å². The fraction of sp³-hybridized carbons (Fsp3) is 0.130. The van der Waals surface area contributed by atoms with Crippen molar-refractivity contribution in [2.75, 3.05) is 7.11 Å². The molecule has 0 spiro atoms. The molecule has 134 valence electrons. The van der Waals surface area contributed by atoms with Gasteiger partial charge in [0.05, 0.1) is 18.9 Å². The average Bonchev–Trinajstić information content (AvgIpc) is 3.19. The predicted octanol–water partition coefficient (Wildman–Crippen LogP) is 4.69. The topological polar surface area (TPSA) is 41.9 Å². The summed E-state index contributed by atoms with van der Waals surface area (Å²) in [5.74, 6) is 0.648. The van der Waals surface area contributed by atoms with Crippen molar-refractivity contribution in [3.63, 3.8) is 0 Å². The van der Waals surface area contributed by atoms with Gasteiger partial charge in [-0.3, -0.25) is 4.79 Å². The van der Waals surface area contributed by atoms with Gasteiger partial charge in [-0.15, -0.1) is 0 Å². The van der Waals surface area contributed by atoms with E-state index >= 15 is 0 Å². The number of carbonyl (C=O) groups excluding carboxylic acids is 1. The first-order valence-electron chi connectivity index (χ1n) is 8.92. The predicted molar refractivity (Wildman–Crippen MR) is 106 cm³/mol. The van der Waals surface area contributed by atoms with Gasteiger partial charge in [0.25, 0.3) is 5.91 Å². The summed E-state index contributed by atoms with van der Waals surface area (Å²) >= 11 is 0. The molecule has 1 heterocycles. The summed E-state index contributed by atoms with van der Waals surface area (Å²) in [7, 11) is 1.65. The lowest BCUT2D eigenvalue weighted by molar-refractivity contribution is 0.0709. The molecule has 0 saturated carbocycles. The summed E-state index contributed by atoms with van der Waals surface area (Å²) in [4.78, 5) is 13.2. The van der Waals surface area contributed by atoms with Gasteiger partial charge in [-0.2, -0.15) is 5.10 Å². The molecule has 1 aliphatic rings. The molecule has 0 N–H and O–H groups in total. The summed E-state index contributed by atoms with van der Waals surface area (Å²) in [6.45, 7) is 0. The molecule has 27 heavy (non-hydrogen) atoms. The van der Waals surface area contributed by atoms with Crippen molar-refractivity contribution in [3.8, 4) is 5.75 Å². The molecule has 1 amide bonds. The first-order chi connectivity index (χ1) is 13.3. The lowest BCUT2D eigenvalue weighted by atomic mass is 9.97. The Bertz CT molecular complexity index is 968. The van der Waals surface area contributed by atoms with Crippen molar-refractivity contribution < 1.29 is 9.53 Å². The van der Waals surface area contributed by atoms with E-state index in [4.69, 9.17) is 9.84 Å². The van der Waals surface area contributed by atoms with Crippen LogP contribution in [0.1, 0.15) is 33.9 Å². The third-order valence-electron chi connectivity index (χ3n) is 4.74. The van der Waals surface area contributed by atoms with E-state index in [1.165, 1.54) is 0 Å². The minimum Gasteiger partial charge on any atom is -0.496 e. The van der Waals surface area contributed by atoms with Crippen LogP contribution in [0.3, 0.4) is 0 Å². The second-order valence-electron chi connectivity index (χ2n) is 6.39. The van der Waals surface area contributed by atoms with Crippen LogP contribution < -0.4 is 4.74 Å². The Morgan fingerprint density at radius 1 is 0.926 bits per heavy atom. The standard InChI is InChI=1S/C23H20N2O2/c1-27-22-15-9-8-14-19(22)21-16-20(17-10-4-2-5-11-17)24-25(21)23(26)18-12-6-3-7-13-18/h2-15,21H,16H2,1H3/t21-/m1/s1. The zero-order chi connectivity index (χ0) is 18.6. The number of benzene rings is 3. The van der Waals surface area contributed by atoms with Crippen molar-refractivity contribution in [2.24, 2.45) is 5.10 Å². The molecular weight excluding hydrogens is 336 g/mol. The number of nitrogens with zero attached hydrogens (tertiary/aromatic N) is 2. The molecule has 3 aromatic rings. The van der Waals surface area contributed by atoms with Crippen molar-refractivity contribution in [2.45, 2.75) is 12.5 Å². The minimum absolute atomic E-state index is 0.113. The Morgan fingerprint density at radius 3 is 2.26 bits per heavy atom. The summed E-state index contributed by atoms with van der Waals surface area (Å²) < 4.78 is 5.54. The number of rotatable bonds is 4. The fourth-order valence-corrected chi connectivity index (χ4v) is 3.40. The number of hydrogen-bond acceptors (Lipinski definition) is 3. The molecule has 0 radical (unpaired) electrons. The van der Waals surface area contributed by atoms with Crippen molar-refractivity contribution in [1.29, 1.82) is 0 Å². The van der Waals surface area contributed by atoms with Crippen LogP contribution >= 0.6 is 0 Å². The number of ether oxygens (including phenoxy) is 1. The SMILES string of the molecule is COc1ccccc1[C@H]1CC(c2ccccc2)=NN1C(=O)c1ccccc1. The molecule has 0 aliphatic carbocycles. The van der Waals surface area contributed by atoms with Crippen LogP contribution in [0.15, 0.2) is 90.0 Å². The van der Waals surface area contributed by atoms with Gasteiger partial charge < -0.3 is 4.74 Å². The molecular formula is C23H20N2O2. The van der Waals surface area contributed by atoms with Crippen molar-refractivity contribution >= 4 is 11.6 Å². The van der Waals surface area contributed by atoms with E-state index in [9.17, 15) is 4.79 Å². The highest BCUT2D eigenvalue weighted by atomic mass is 16.5. The summed E-state index contributed by atoms with van der Waals surface area (Å²) in [6.07, 6.45) is 0.642. The highest BCUT2D eigenvalue weighted by Crippen LogP contribution is 2.38. The Balaban J connectivity index is 1.76. The quantitative estimate of drug-likeness (QED) is 0.681. The van der Waals surface area contributed by atoms with Gasteiger partial charge in [0.1, 0.15) is 5.75 Å².